The fraction of sp³-hybridized carbons (Fsp3) is 0.160. The van der Waals surface area contributed by atoms with Crippen molar-refractivity contribution in [1.29, 1.82) is 5.26 Å². The molecule has 1 atom stereocenters. The zero-order valence-corrected chi connectivity index (χ0v) is 20.5. The van der Waals surface area contributed by atoms with Gasteiger partial charge in [0.15, 0.2) is 0 Å². The highest BCUT2D eigenvalue weighted by Gasteiger charge is 2.27. The summed E-state index contributed by atoms with van der Waals surface area (Å²) in [6, 6.07) is 21.3. The van der Waals surface area contributed by atoms with Gasteiger partial charge in [-0.2, -0.15) is 13.7 Å². The first-order chi connectivity index (χ1) is 17.2. The van der Waals surface area contributed by atoms with Crippen LogP contribution in [-0.2, 0) is 21.4 Å². The number of carbonyl (C=O) groups is 2. The molecule has 0 aromatic heterocycles. The van der Waals surface area contributed by atoms with Crippen LogP contribution >= 0.6 is 0 Å². The summed E-state index contributed by atoms with van der Waals surface area (Å²) in [5.41, 5.74) is 1.68. The molecule has 0 aliphatic carbocycles. The van der Waals surface area contributed by atoms with Gasteiger partial charge in [-0.25, -0.2) is 9.52 Å². The lowest BCUT2D eigenvalue weighted by atomic mass is 10.0. The molecule has 0 saturated carbocycles. The molecule has 0 radical (unpaired) electrons. The second kappa shape index (κ2) is 11.7. The normalized spacial score (nSPS) is 11.5. The summed E-state index contributed by atoms with van der Waals surface area (Å²) in [7, 11) is -1.25. The number of amides is 3. The van der Waals surface area contributed by atoms with Crippen LogP contribution in [0.4, 0.5) is 16.2 Å². The molecule has 3 rings (SSSR count). The van der Waals surface area contributed by atoms with E-state index in [9.17, 15) is 18.0 Å². The minimum absolute atomic E-state index is 0.102. The molecule has 3 N–H and O–H groups in total. The number of nitriles is 1. The Bertz CT molecular complexity index is 1360. The Balaban J connectivity index is 1.75. The Morgan fingerprint density at radius 2 is 1.72 bits per heavy atom. The van der Waals surface area contributed by atoms with E-state index >= 15 is 0 Å². The minimum atomic E-state index is -4.34. The Labute approximate surface area is 209 Å². The van der Waals surface area contributed by atoms with Crippen molar-refractivity contribution in [2.24, 2.45) is 0 Å². The summed E-state index contributed by atoms with van der Waals surface area (Å²) in [5.74, 6) is 0.169. The van der Waals surface area contributed by atoms with Crippen molar-refractivity contribution in [2.45, 2.75) is 12.5 Å². The van der Waals surface area contributed by atoms with Gasteiger partial charge in [0, 0.05) is 19.2 Å². The van der Waals surface area contributed by atoms with Gasteiger partial charge in [0.25, 0.3) is 0 Å². The number of methoxy groups -OCH3 is 1. The zero-order valence-electron chi connectivity index (χ0n) is 19.6. The summed E-state index contributed by atoms with van der Waals surface area (Å²) in [5, 5.41) is 11.4. The molecule has 0 fully saturated rings. The monoisotopic (exact) mass is 507 g/mol. The number of hydrogen-bond acceptors (Lipinski definition) is 6. The van der Waals surface area contributed by atoms with E-state index in [-0.39, 0.29) is 17.7 Å². The number of anilines is 2. The Hall–Kier alpha value is -4.56. The Morgan fingerprint density at radius 1 is 1.03 bits per heavy atom. The molecular weight excluding hydrogens is 482 g/mol. The third-order valence-electron chi connectivity index (χ3n) is 5.15. The SMILES string of the molecule is COc1ccc(N(C)C(=O)C(Cc2ccccc2)NC(=O)NS(=O)(=O)Nc2cccc(C#N)c2)cc1. The van der Waals surface area contributed by atoms with Crippen LogP contribution in [0, 0.1) is 11.3 Å². The summed E-state index contributed by atoms with van der Waals surface area (Å²) in [6.45, 7) is 0. The lowest BCUT2D eigenvalue weighted by Gasteiger charge is -2.25. The highest BCUT2D eigenvalue weighted by atomic mass is 32.2. The van der Waals surface area contributed by atoms with Gasteiger partial charge in [-0.15, -0.1) is 0 Å². The predicted molar refractivity (Wildman–Crippen MR) is 136 cm³/mol. The fourth-order valence-corrected chi connectivity index (χ4v) is 4.15. The van der Waals surface area contributed by atoms with Crippen LogP contribution in [0.15, 0.2) is 78.9 Å². The van der Waals surface area contributed by atoms with E-state index < -0.39 is 28.2 Å². The maximum Gasteiger partial charge on any atom is 0.330 e. The number of nitrogens with one attached hydrogen (secondary N) is 3. The van der Waals surface area contributed by atoms with Gasteiger partial charge in [0.05, 0.1) is 24.4 Å². The van der Waals surface area contributed by atoms with Gasteiger partial charge >= 0.3 is 16.2 Å². The first-order valence-electron chi connectivity index (χ1n) is 10.8. The van der Waals surface area contributed by atoms with E-state index in [1.165, 1.54) is 36.3 Å². The Kier molecular flexibility index (Phi) is 8.48. The number of rotatable bonds is 9. The number of urea groups is 1. The van der Waals surface area contributed by atoms with Gasteiger partial charge < -0.3 is 15.0 Å². The smallest absolute Gasteiger partial charge is 0.330 e. The van der Waals surface area contributed by atoms with Crippen LogP contribution in [0.2, 0.25) is 0 Å². The van der Waals surface area contributed by atoms with Crippen molar-refractivity contribution < 1.29 is 22.7 Å². The van der Waals surface area contributed by atoms with Crippen LogP contribution in [0.25, 0.3) is 0 Å². The molecule has 11 heteroatoms. The van der Waals surface area contributed by atoms with Crippen LogP contribution < -0.4 is 24.4 Å². The van der Waals surface area contributed by atoms with Crippen LogP contribution in [0.3, 0.4) is 0 Å². The summed E-state index contributed by atoms with van der Waals surface area (Å²) >= 11 is 0. The summed E-state index contributed by atoms with van der Waals surface area (Å²) in [6.07, 6.45) is 0.130. The summed E-state index contributed by atoms with van der Waals surface area (Å²) < 4.78 is 34.1. The second-order valence-electron chi connectivity index (χ2n) is 7.71. The van der Waals surface area contributed by atoms with Crippen molar-refractivity contribution in [3.8, 4) is 11.8 Å². The van der Waals surface area contributed by atoms with Gasteiger partial charge in [-0.3, -0.25) is 9.52 Å². The lowest BCUT2D eigenvalue weighted by molar-refractivity contribution is -0.120. The van der Waals surface area contributed by atoms with Crippen LogP contribution in [0.5, 0.6) is 5.75 Å². The number of likely N-dealkylation sites (N-methyl/N-ethyl adjacent to an activating group) is 1. The molecule has 3 aromatic rings. The molecule has 0 aliphatic heterocycles. The summed E-state index contributed by atoms with van der Waals surface area (Å²) in [4.78, 5) is 27.3. The van der Waals surface area contributed by atoms with E-state index in [0.717, 1.165) is 5.56 Å². The molecule has 3 aromatic carbocycles. The van der Waals surface area contributed by atoms with Gasteiger partial charge in [-0.05, 0) is 48.0 Å². The first kappa shape index (κ1) is 26.1. The second-order valence-corrected chi connectivity index (χ2v) is 9.13. The average Bonchev–Trinajstić information content (AvgIpc) is 2.87. The maximum atomic E-state index is 13.3. The largest absolute Gasteiger partial charge is 0.497 e. The van der Waals surface area contributed by atoms with Crippen molar-refractivity contribution in [3.05, 3.63) is 90.0 Å². The Morgan fingerprint density at radius 3 is 2.36 bits per heavy atom. The number of carbonyl (C=O) groups excluding carboxylic acids is 2. The molecule has 0 heterocycles. The number of benzene rings is 3. The number of ether oxygens (including phenoxy) is 1. The molecule has 0 saturated heterocycles. The molecule has 186 valence electrons. The lowest BCUT2D eigenvalue weighted by Crippen LogP contribution is -2.53. The standard InChI is InChI=1S/C25H25N5O5S/c1-30(21-11-13-22(35-2)14-12-21)24(31)23(16-18-7-4-3-5-8-18)27-25(32)29-36(33,34)28-20-10-6-9-19(15-20)17-26/h3-15,23,28H,16H2,1-2H3,(H2,27,29,32). The van der Waals surface area contributed by atoms with Crippen LogP contribution in [-0.4, -0.2) is 40.6 Å². The van der Waals surface area contributed by atoms with Crippen molar-refractivity contribution in [2.75, 3.05) is 23.8 Å². The molecule has 10 nitrogen and oxygen atoms in total. The number of hydrogen-bond donors (Lipinski definition) is 3. The molecule has 36 heavy (non-hydrogen) atoms. The molecule has 3 amide bonds. The highest BCUT2D eigenvalue weighted by Crippen LogP contribution is 2.19. The van der Waals surface area contributed by atoms with Gasteiger partial charge in [0.2, 0.25) is 5.91 Å². The van der Waals surface area contributed by atoms with E-state index in [1.54, 1.807) is 55.6 Å². The molecule has 0 spiro atoms. The van der Waals surface area contributed by atoms with E-state index in [4.69, 9.17) is 10.00 Å². The molecule has 1 unspecified atom stereocenters. The third-order valence-corrected chi connectivity index (χ3v) is 6.11. The van der Waals surface area contributed by atoms with E-state index in [1.807, 2.05) is 16.9 Å². The fourth-order valence-electron chi connectivity index (χ4n) is 3.36. The predicted octanol–water partition coefficient (Wildman–Crippen LogP) is 2.80. The highest BCUT2D eigenvalue weighted by molar-refractivity contribution is 7.91. The molecular formula is C25H25N5O5S. The quantitative estimate of drug-likeness (QED) is 0.407. The maximum absolute atomic E-state index is 13.3. The third kappa shape index (κ3) is 7.22. The van der Waals surface area contributed by atoms with Gasteiger partial charge in [0.1, 0.15) is 11.8 Å². The van der Waals surface area contributed by atoms with Crippen molar-refractivity contribution in [3.63, 3.8) is 0 Å². The average molecular weight is 508 g/mol. The topological polar surface area (TPSA) is 141 Å². The van der Waals surface area contributed by atoms with Crippen LogP contribution in [0.1, 0.15) is 11.1 Å². The van der Waals surface area contributed by atoms with Crippen molar-refractivity contribution in [1.82, 2.24) is 10.0 Å². The first-order valence-corrected chi connectivity index (χ1v) is 12.3. The van der Waals surface area contributed by atoms with E-state index in [0.29, 0.717) is 11.4 Å². The number of nitrogens with zero attached hydrogens (tertiary/aromatic N) is 2. The van der Waals surface area contributed by atoms with E-state index in [2.05, 4.69) is 10.0 Å². The van der Waals surface area contributed by atoms with Gasteiger partial charge in [-0.1, -0.05) is 36.4 Å². The minimum Gasteiger partial charge on any atom is -0.497 e. The molecule has 0 bridgehead atoms. The molecule has 0 aliphatic rings. The van der Waals surface area contributed by atoms with Crippen molar-refractivity contribution >= 4 is 33.5 Å². The zero-order chi connectivity index (χ0) is 26.1.